The summed E-state index contributed by atoms with van der Waals surface area (Å²) in [6, 6.07) is 16.7. The Kier molecular flexibility index (Phi) is 4.02. The molecule has 0 aliphatic rings. The van der Waals surface area contributed by atoms with Gasteiger partial charge in [0.05, 0.1) is 6.54 Å². The fourth-order valence-electron chi connectivity index (χ4n) is 2.28. The van der Waals surface area contributed by atoms with Gasteiger partial charge >= 0.3 is 5.95 Å². The number of hydrogen-bond donors (Lipinski definition) is 1. The normalized spacial score (nSPS) is 10.8. The molecule has 3 aromatic rings. The highest BCUT2D eigenvalue weighted by atomic mass is 35.5. The quantitative estimate of drug-likeness (QED) is 0.802. The first-order chi connectivity index (χ1) is 10.6. The number of hydrogen-bond acceptors (Lipinski definition) is 3. The van der Waals surface area contributed by atoms with Gasteiger partial charge in [0, 0.05) is 11.4 Å². The molecule has 1 N–H and O–H groups in total. The van der Waals surface area contributed by atoms with E-state index in [0.717, 1.165) is 15.9 Å². The zero-order valence-corrected chi connectivity index (χ0v) is 12.5. The van der Waals surface area contributed by atoms with E-state index in [-0.39, 0.29) is 23.6 Å². The summed E-state index contributed by atoms with van der Waals surface area (Å²) < 4.78 is 6.30. The summed E-state index contributed by atoms with van der Waals surface area (Å²) >= 11 is 6.08. The molecule has 3 rings (SSSR count). The lowest BCUT2D eigenvalue weighted by Crippen LogP contribution is -2.18. The Morgan fingerprint density at radius 3 is 2.45 bits per heavy atom. The van der Waals surface area contributed by atoms with Crippen molar-refractivity contribution in [2.45, 2.75) is 13.0 Å². The van der Waals surface area contributed by atoms with Gasteiger partial charge in [-0.1, -0.05) is 60.1 Å². The molecule has 1 aromatic heterocycles. The lowest BCUT2D eigenvalue weighted by molar-refractivity contribution is 0.204. The molecule has 0 fully saturated rings. The van der Waals surface area contributed by atoms with Gasteiger partial charge in [-0.15, -0.1) is 0 Å². The minimum atomic E-state index is -0.346. The van der Waals surface area contributed by atoms with Crippen LogP contribution in [-0.4, -0.2) is 9.85 Å². The molecule has 22 heavy (non-hydrogen) atoms. The zero-order valence-electron chi connectivity index (χ0n) is 11.7. The van der Waals surface area contributed by atoms with Gasteiger partial charge < -0.3 is 9.63 Å². The minimum absolute atomic E-state index is 0.181. The highest BCUT2D eigenvalue weighted by molar-refractivity contribution is 6.31. The average molecular weight is 316 g/mol. The van der Waals surface area contributed by atoms with Crippen LogP contribution in [0, 0.1) is 0 Å². The van der Waals surface area contributed by atoms with E-state index in [1.807, 2.05) is 48.5 Å². The molecule has 0 aliphatic carbocycles. The van der Waals surface area contributed by atoms with E-state index < -0.39 is 0 Å². The van der Waals surface area contributed by atoms with Crippen molar-refractivity contribution in [3.63, 3.8) is 0 Å². The van der Waals surface area contributed by atoms with Gasteiger partial charge in [-0.25, -0.2) is 0 Å². The van der Waals surface area contributed by atoms with Crippen LogP contribution in [0.2, 0.25) is 5.02 Å². The number of rotatable bonds is 4. The second-order valence-corrected chi connectivity index (χ2v) is 5.38. The van der Waals surface area contributed by atoms with E-state index in [1.54, 1.807) is 6.07 Å². The zero-order chi connectivity index (χ0) is 15.5. The number of benzene rings is 2. The second kappa shape index (κ2) is 6.12. The van der Waals surface area contributed by atoms with Gasteiger partial charge in [0.25, 0.3) is 5.56 Å². The summed E-state index contributed by atoms with van der Waals surface area (Å²) in [6.07, 6.45) is 0.324. The standard InChI is InChI=1S/C17H14ClNO3/c18-15-9-5-4-8-13(15)11-19-16(20)14(17(21)22-19)10-12-6-2-1-3-7-12/h1-9,21H,10-11H2. The molecule has 4 nitrogen and oxygen atoms in total. The lowest BCUT2D eigenvalue weighted by Gasteiger charge is -2.02. The molecule has 0 unspecified atom stereocenters. The fraction of sp³-hybridized carbons (Fsp3) is 0.118. The van der Waals surface area contributed by atoms with Crippen LogP contribution in [0.5, 0.6) is 5.95 Å². The van der Waals surface area contributed by atoms with E-state index in [9.17, 15) is 9.90 Å². The van der Waals surface area contributed by atoms with Crippen molar-refractivity contribution >= 4 is 11.6 Å². The lowest BCUT2D eigenvalue weighted by atomic mass is 10.1. The highest BCUT2D eigenvalue weighted by Crippen LogP contribution is 2.20. The summed E-state index contributed by atoms with van der Waals surface area (Å²) in [6.45, 7) is 0.181. The van der Waals surface area contributed by atoms with Gasteiger partial charge in [0.15, 0.2) is 0 Å². The monoisotopic (exact) mass is 315 g/mol. The molecular formula is C17H14ClNO3. The maximum absolute atomic E-state index is 12.4. The smallest absolute Gasteiger partial charge is 0.313 e. The van der Waals surface area contributed by atoms with Gasteiger partial charge in [0.1, 0.15) is 5.56 Å². The Balaban J connectivity index is 1.91. The largest absolute Gasteiger partial charge is 0.479 e. The first-order valence-corrected chi connectivity index (χ1v) is 7.22. The molecule has 112 valence electrons. The van der Waals surface area contributed by atoms with Crippen LogP contribution in [0.25, 0.3) is 0 Å². The van der Waals surface area contributed by atoms with Crippen molar-refractivity contribution in [1.82, 2.24) is 4.74 Å². The SMILES string of the molecule is O=c1c(Cc2ccccc2)c(O)on1Cc1ccccc1Cl. The van der Waals surface area contributed by atoms with Gasteiger partial charge in [-0.05, 0) is 17.2 Å². The van der Waals surface area contributed by atoms with Crippen LogP contribution in [0.4, 0.5) is 0 Å². The number of aromatic hydroxyl groups is 1. The van der Waals surface area contributed by atoms with Crippen molar-refractivity contribution in [3.05, 3.63) is 86.7 Å². The Morgan fingerprint density at radius 2 is 1.73 bits per heavy atom. The predicted molar refractivity (Wildman–Crippen MR) is 84.4 cm³/mol. The summed E-state index contributed by atoms with van der Waals surface area (Å²) in [4.78, 5) is 12.4. The summed E-state index contributed by atoms with van der Waals surface area (Å²) in [5.41, 5.74) is 1.59. The molecule has 0 radical (unpaired) electrons. The van der Waals surface area contributed by atoms with E-state index in [1.165, 1.54) is 0 Å². The number of halogens is 1. The van der Waals surface area contributed by atoms with Crippen molar-refractivity contribution in [2.75, 3.05) is 0 Å². The van der Waals surface area contributed by atoms with Gasteiger partial charge in [-0.3, -0.25) is 4.79 Å². The van der Waals surface area contributed by atoms with Gasteiger partial charge in [0.2, 0.25) is 0 Å². The topological polar surface area (TPSA) is 55.4 Å². The summed E-state index contributed by atoms with van der Waals surface area (Å²) in [5, 5.41) is 10.5. The molecule has 0 aliphatic heterocycles. The van der Waals surface area contributed by atoms with Crippen LogP contribution < -0.4 is 5.56 Å². The first-order valence-electron chi connectivity index (χ1n) is 6.84. The molecule has 0 spiro atoms. The van der Waals surface area contributed by atoms with Crippen LogP contribution >= 0.6 is 11.6 Å². The Morgan fingerprint density at radius 1 is 1.05 bits per heavy atom. The van der Waals surface area contributed by atoms with E-state index in [2.05, 4.69) is 0 Å². The molecule has 0 bridgehead atoms. The molecule has 0 amide bonds. The van der Waals surface area contributed by atoms with Crippen molar-refractivity contribution in [2.24, 2.45) is 0 Å². The molecule has 0 atom stereocenters. The van der Waals surface area contributed by atoms with E-state index in [4.69, 9.17) is 16.1 Å². The van der Waals surface area contributed by atoms with Crippen LogP contribution in [0.15, 0.2) is 63.9 Å². The predicted octanol–water partition coefficient (Wildman–Crippen LogP) is 3.44. The molecule has 5 heteroatoms. The third-order valence-electron chi connectivity index (χ3n) is 3.44. The Labute approximate surface area is 132 Å². The third-order valence-corrected chi connectivity index (χ3v) is 3.80. The molecule has 0 saturated heterocycles. The molecule has 2 aromatic carbocycles. The number of aromatic nitrogens is 1. The third kappa shape index (κ3) is 2.92. The maximum Gasteiger partial charge on any atom is 0.313 e. The second-order valence-electron chi connectivity index (χ2n) is 4.97. The highest BCUT2D eigenvalue weighted by Gasteiger charge is 2.17. The minimum Gasteiger partial charge on any atom is -0.479 e. The number of nitrogens with zero attached hydrogens (tertiary/aromatic N) is 1. The van der Waals surface area contributed by atoms with Gasteiger partial charge in [-0.2, -0.15) is 4.74 Å². The maximum atomic E-state index is 12.4. The summed E-state index contributed by atoms with van der Waals surface area (Å²) in [5.74, 6) is -0.346. The average Bonchev–Trinajstić information content (AvgIpc) is 2.78. The molecule has 1 heterocycles. The van der Waals surface area contributed by atoms with Crippen molar-refractivity contribution in [3.8, 4) is 5.95 Å². The van der Waals surface area contributed by atoms with Crippen molar-refractivity contribution < 1.29 is 9.63 Å². The Bertz CT molecular complexity index is 837. The van der Waals surface area contributed by atoms with Crippen LogP contribution in [0.1, 0.15) is 16.7 Å². The van der Waals surface area contributed by atoms with E-state index >= 15 is 0 Å². The van der Waals surface area contributed by atoms with E-state index in [0.29, 0.717) is 11.4 Å². The molecular weight excluding hydrogens is 302 g/mol. The fourth-order valence-corrected chi connectivity index (χ4v) is 2.48. The first kappa shape index (κ1) is 14.5. The summed E-state index contributed by atoms with van der Waals surface area (Å²) in [7, 11) is 0. The van der Waals surface area contributed by atoms with Crippen LogP contribution in [0.3, 0.4) is 0 Å². The van der Waals surface area contributed by atoms with Crippen LogP contribution in [-0.2, 0) is 13.0 Å². The molecule has 0 saturated carbocycles. The Hall–Kier alpha value is -2.46. The van der Waals surface area contributed by atoms with Crippen molar-refractivity contribution in [1.29, 1.82) is 0 Å².